The van der Waals surface area contributed by atoms with Gasteiger partial charge in [0.2, 0.25) is 5.78 Å². The molecule has 5 N–H and O–H groups in total. The number of carbonyl (C=O) groups is 1. The van der Waals surface area contributed by atoms with Crippen LogP contribution in [0.15, 0.2) is 64.4 Å². The Bertz CT molecular complexity index is 1000. The van der Waals surface area contributed by atoms with Gasteiger partial charge in [0.15, 0.2) is 5.96 Å². The number of aryl methyl sites for hydroxylation is 1. The SMILES string of the molecule is Cc1[nH]c(=O)[nH]c1C(=O)c1ccc(NC(N)=NCCc2ccccc2)cc1. The molecule has 0 saturated heterocycles. The van der Waals surface area contributed by atoms with Crippen molar-refractivity contribution in [3.63, 3.8) is 0 Å². The molecule has 0 atom stereocenters. The van der Waals surface area contributed by atoms with Crippen molar-refractivity contribution in [3.8, 4) is 0 Å². The lowest BCUT2D eigenvalue weighted by Gasteiger charge is -2.07. The van der Waals surface area contributed by atoms with Gasteiger partial charge in [0.25, 0.3) is 0 Å². The molecule has 138 valence electrons. The zero-order valence-electron chi connectivity index (χ0n) is 15.0. The maximum atomic E-state index is 12.4. The third kappa shape index (κ3) is 4.72. The highest BCUT2D eigenvalue weighted by molar-refractivity contribution is 6.08. The van der Waals surface area contributed by atoms with Crippen LogP contribution in [0.25, 0.3) is 0 Å². The van der Waals surface area contributed by atoms with Gasteiger partial charge in [-0.3, -0.25) is 9.79 Å². The quantitative estimate of drug-likeness (QED) is 0.305. The number of nitrogens with zero attached hydrogens (tertiary/aromatic N) is 1. The van der Waals surface area contributed by atoms with Gasteiger partial charge in [0, 0.05) is 23.5 Å². The first-order chi connectivity index (χ1) is 13.0. The monoisotopic (exact) mass is 363 g/mol. The molecule has 0 fully saturated rings. The van der Waals surface area contributed by atoms with Crippen molar-refractivity contribution in [1.82, 2.24) is 9.97 Å². The van der Waals surface area contributed by atoms with Crippen LogP contribution in [-0.2, 0) is 6.42 Å². The number of rotatable bonds is 6. The molecule has 0 aliphatic carbocycles. The molecule has 0 aliphatic heterocycles. The number of anilines is 1. The summed E-state index contributed by atoms with van der Waals surface area (Å²) in [6.07, 6.45) is 0.810. The van der Waals surface area contributed by atoms with Gasteiger partial charge in [-0.15, -0.1) is 0 Å². The van der Waals surface area contributed by atoms with E-state index in [9.17, 15) is 9.59 Å². The summed E-state index contributed by atoms with van der Waals surface area (Å²) in [6.45, 7) is 2.26. The number of hydrogen-bond donors (Lipinski definition) is 4. The predicted molar refractivity (Wildman–Crippen MR) is 106 cm³/mol. The van der Waals surface area contributed by atoms with Gasteiger partial charge in [-0.25, -0.2) is 4.79 Å². The number of imidazole rings is 1. The van der Waals surface area contributed by atoms with E-state index in [0.29, 0.717) is 23.8 Å². The number of aliphatic imine (C=N–C) groups is 1. The van der Waals surface area contributed by atoms with E-state index in [1.54, 1.807) is 31.2 Å². The molecule has 27 heavy (non-hydrogen) atoms. The van der Waals surface area contributed by atoms with Crippen molar-refractivity contribution < 1.29 is 4.79 Å². The lowest BCUT2D eigenvalue weighted by atomic mass is 10.1. The zero-order valence-corrected chi connectivity index (χ0v) is 15.0. The number of benzene rings is 2. The van der Waals surface area contributed by atoms with Crippen LogP contribution in [0, 0.1) is 6.92 Å². The molecule has 0 amide bonds. The van der Waals surface area contributed by atoms with Crippen LogP contribution in [-0.4, -0.2) is 28.3 Å². The Morgan fingerprint density at radius 3 is 2.41 bits per heavy atom. The van der Waals surface area contributed by atoms with Gasteiger partial charge in [-0.05, 0) is 43.2 Å². The van der Waals surface area contributed by atoms with E-state index in [-0.39, 0.29) is 11.5 Å². The molecule has 3 rings (SSSR count). The molecule has 2 aromatic carbocycles. The molecule has 0 radical (unpaired) electrons. The third-order valence-corrected chi connectivity index (χ3v) is 4.09. The maximum Gasteiger partial charge on any atom is 0.323 e. The molecule has 0 unspecified atom stereocenters. The second-order valence-corrected chi connectivity index (χ2v) is 6.11. The molecule has 7 heteroatoms. The molecular weight excluding hydrogens is 342 g/mol. The number of nitrogens with one attached hydrogen (secondary N) is 3. The summed E-state index contributed by atoms with van der Waals surface area (Å²) >= 11 is 0. The largest absolute Gasteiger partial charge is 0.370 e. The Morgan fingerprint density at radius 2 is 1.78 bits per heavy atom. The van der Waals surface area contributed by atoms with Crippen LogP contribution in [0.1, 0.15) is 27.3 Å². The second kappa shape index (κ2) is 8.18. The van der Waals surface area contributed by atoms with Crippen LogP contribution in [0.2, 0.25) is 0 Å². The van der Waals surface area contributed by atoms with E-state index in [2.05, 4.69) is 20.3 Å². The molecule has 1 aromatic heterocycles. The minimum atomic E-state index is -0.395. The van der Waals surface area contributed by atoms with Crippen LogP contribution in [0.5, 0.6) is 0 Å². The van der Waals surface area contributed by atoms with Gasteiger partial charge < -0.3 is 21.0 Å². The van der Waals surface area contributed by atoms with Crippen LogP contribution in [0.3, 0.4) is 0 Å². The fourth-order valence-electron chi connectivity index (χ4n) is 2.69. The number of ketones is 1. The van der Waals surface area contributed by atoms with Crippen molar-refractivity contribution in [2.45, 2.75) is 13.3 Å². The van der Waals surface area contributed by atoms with Crippen LogP contribution < -0.4 is 16.7 Å². The third-order valence-electron chi connectivity index (χ3n) is 4.09. The lowest BCUT2D eigenvalue weighted by molar-refractivity contribution is 0.103. The standard InChI is InChI=1S/C20H21N5O2/c1-13-17(25-20(27)23-13)18(26)15-7-9-16(10-8-15)24-19(21)22-12-11-14-5-3-2-4-6-14/h2-10H,11-12H2,1H3,(H3,21,22,24)(H2,23,25,27). The van der Waals surface area contributed by atoms with Gasteiger partial charge in [0.05, 0.1) is 0 Å². The van der Waals surface area contributed by atoms with Crippen molar-refractivity contribution in [2.24, 2.45) is 10.7 Å². The van der Waals surface area contributed by atoms with Gasteiger partial charge in [-0.2, -0.15) is 0 Å². The molecule has 1 heterocycles. The smallest absolute Gasteiger partial charge is 0.323 e. The molecule has 0 spiro atoms. The van der Waals surface area contributed by atoms with E-state index in [1.165, 1.54) is 5.56 Å². The van der Waals surface area contributed by atoms with E-state index >= 15 is 0 Å². The average molecular weight is 363 g/mol. The van der Waals surface area contributed by atoms with Crippen molar-refractivity contribution in [1.29, 1.82) is 0 Å². The summed E-state index contributed by atoms with van der Waals surface area (Å²) in [5, 5.41) is 3.00. The van der Waals surface area contributed by atoms with Gasteiger partial charge in [-0.1, -0.05) is 30.3 Å². The fourth-order valence-corrected chi connectivity index (χ4v) is 2.69. The first-order valence-electron chi connectivity index (χ1n) is 8.57. The Morgan fingerprint density at radius 1 is 1.07 bits per heavy atom. The highest BCUT2D eigenvalue weighted by Crippen LogP contribution is 2.13. The predicted octanol–water partition coefficient (Wildman–Crippen LogP) is 2.21. The fraction of sp³-hybridized carbons (Fsp3) is 0.150. The molecule has 0 saturated carbocycles. The van der Waals surface area contributed by atoms with E-state index in [0.717, 1.165) is 12.1 Å². The Labute approximate surface area is 156 Å². The zero-order chi connectivity index (χ0) is 19.2. The second-order valence-electron chi connectivity index (χ2n) is 6.11. The van der Waals surface area contributed by atoms with E-state index in [1.807, 2.05) is 30.3 Å². The number of guanidine groups is 1. The van der Waals surface area contributed by atoms with Crippen molar-refractivity contribution in [2.75, 3.05) is 11.9 Å². The number of H-pyrrole nitrogens is 2. The number of aromatic amines is 2. The summed E-state index contributed by atoms with van der Waals surface area (Å²) in [5.74, 6) is 0.0673. The molecule has 0 bridgehead atoms. The summed E-state index contributed by atoms with van der Waals surface area (Å²) in [4.78, 5) is 33.1. The molecular formula is C20H21N5O2. The van der Waals surface area contributed by atoms with Crippen molar-refractivity contribution in [3.05, 3.63) is 87.6 Å². The normalized spacial score (nSPS) is 11.4. The van der Waals surface area contributed by atoms with E-state index in [4.69, 9.17) is 5.73 Å². The minimum absolute atomic E-state index is 0.248. The lowest BCUT2D eigenvalue weighted by Crippen LogP contribution is -2.23. The molecule has 0 aliphatic rings. The van der Waals surface area contributed by atoms with Gasteiger partial charge >= 0.3 is 5.69 Å². The summed E-state index contributed by atoms with van der Waals surface area (Å²) in [5.41, 5.74) is 8.70. The van der Waals surface area contributed by atoms with Crippen LogP contribution >= 0.6 is 0 Å². The van der Waals surface area contributed by atoms with Crippen LogP contribution in [0.4, 0.5) is 5.69 Å². The number of carbonyl (C=O) groups excluding carboxylic acids is 1. The highest BCUT2D eigenvalue weighted by Gasteiger charge is 2.14. The molecule has 3 aromatic rings. The Balaban J connectivity index is 1.60. The summed E-state index contributed by atoms with van der Waals surface area (Å²) in [7, 11) is 0. The highest BCUT2D eigenvalue weighted by atomic mass is 16.1. The first kappa shape index (κ1) is 18.2. The minimum Gasteiger partial charge on any atom is -0.370 e. The van der Waals surface area contributed by atoms with Crippen molar-refractivity contribution >= 4 is 17.4 Å². The maximum absolute atomic E-state index is 12.4. The first-order valence-corrected chi connectivity index (χ1v) is 8.57. The van der Waals surface area contributed by atoms with E-state index < -0.39 is 5.69 Å². The van der Waals surface area contributed by atoms with Gasteiger partial charge in [0.1, 0.15) is 5.69 Å². The Hall–Kier alpha value is -3.61. The average Bonchev–Trinajstić information content (AvgIpc) is 3.01. The molecule has 7 nitrogen and oxygen atoms in total. The summed E-state index contributed by atoms with van der Waals surface area (Å²) in [6, 6.07) is 16.9. The summed E-state index contributed by atoms with van der Waals surface area (Å²) < 4.78 is 0. The number of aromatic nitrogens is 2. The number of hydrogen-bond acceptors (Lipinski definition) is 3. The topological polar surface area (TPSA) is 116 Å². The Kier molecular flexibility index (Phi) is 5.51. The number of nitrogens with two attached hydrogens (primary N) is 1.